The summed E-state index contributed by atoms with van der Waals surface area (Å²) < 4.78 is 5.39. The lowest BCUT2D eigenvalue weighted by Crippen LogP contribution is -2.31. The van der Waals surface area contributed by atoms with Gasteiger partial charge in [0.2, 0.25) is 17.6 Å². The van der Waals surface area contributed by atoms with Crippen LogP contribution in [0.1, 0.15) is 63.9 Å². The summed E-state index contributed by atoms with van der Waals surface area (Å²) in [6.07, 6.45) is 1.27. The SMILES string of the molecule is Cc1ccc(C(=O)[C@@H](C)OC(=O)c2ccc(N3C(=O)[C@H]4CC[C@H](c5ccccc5)C[C@@H]4C3=O)cc2)cc1. The molecule has 0 N–H and O–H groups in total. The molecule has 6 nitrogen and oxygen atoms in total. The lowest BCUT2D eigenvalue weighted by molar-refractivity contribution is -0.122. The molecule has 188 valence electrons. The number of amides is 2. The van der Waals surface area contributed by atoms with E-state index in [4.69, 9.17) is 4.74 Å². The highest BCUT2D eigenvalue weighted by atomic mass is 16.5. The summed E-state index contributed by atoms with van der Waals surface area (Å²) >= 11 is 0. The number of carbonyl (C=O) groups is 4. The van der Waals surface area contributed by atoms with Gasteiger partial charge in [-0.25, -0.2) is 4.79 Å². The molecule has 2 aliphatic rings. The number of ether oxygens (including phenoxy) is 1. The zero-order valence-corrected chi connectivity index (χ0v) is 20.9. The lowest BCUT2D eigenvalue weighted by Gasteiger charge is -2.28. The molecule has 37 heavy (non-hydrogen) atoms. The smallest absolute Gasteiger partial charge is 0.338 e. The van der Waals surface area contributed by atoms with E-state index in [1.54, 1.807) is 31.2 Å². The van der Waals surface area contributed by atoms with E-state index in [1.165, 1.54) is 22.6 Å². The van der Waals surface area contributed by atoms with E-state index in [0.29, 0.717) is 24.1 Å². The van der Waals surface area contributed by atoms with Crippen LogP contribution in [0.15, 0.2) is 78.9 Å². The molecular formula is C31H29NO5. The number of rotatable bonds is 6. The predicted molar refractivity (Wildman–Crippen MR) is 139 cm³/mol. The van der Waals surface area contributed by atoms with Crippen LogP contribution >= 0.6 is 0 Å². The van der Waals surface area contributed by atoms with Crippen molar-refractivity contribution >= 4 is 29.3 Å². The van der Waals surface area contributed by atoms with Gasteiger partial charge < -0.3 is 4.74 Å². The highest BCUT2D eigenvalue weighted by Gasteiger charge is 2.50. The Morgan fingerprint density at radius 2 is 1.43 bits per heavy atom. The molecule has 2 fully saturated rings. The van der Waals surface area contributed by atoms with Crippen LogP contribution in [0, 0.1) is 18.8 Å². The topological polar surface area (TPSA) is 80.8 Å². The molecule has 0 unspecified atom stereocenters. The van der Waals surface area contributed by atoms with Gasteiger partial charge >= 0.3 is 5.97 Å². The van der Waals surface area contributed by atoms with Gasteiger partial charge in [0.05, 0.1) is 23.1 Å². The normalized spacial score (nSPS) is 21.9. The van der Waals surface area contributed by atoms with Crippen LogP contribution in [-0.2, 0) is 14.3 Å². The maximum atomic E-state index is 13.3. The number of carbonyl (C=O) groups excluding carboxylic acids is 4. The van der Waals surface area contributed by atoms with Crippen molar-refractivity contribution in [3.8, 4) is 0 Å². The summed E-state index contributed by atoms with van der Waals surface area (Å²) in [7, 11) is 0. The summed E-state index contributed by atoms with van der Waals surface area (Å²) in [5, 5.41) is 0. The van der Waals surface area contributed by atoms with Crippen molar-refractivity contribution in [2.45, 2.75) is 45.1 Å². The fourth-order valence-electron chi connectivity index (χ4n) is 5.44. The first kappa shape index (κ1) is 24.6. The van der Waals surface area contributed by atoms with Gasteiger partial charge in [-0.2, -0.15) is 0 Å². The molecule has 1 aliphatic heterocycles. The van der Waals surface area contributed by atoms with Crippen molar-refractivity contribution in [1.82, 2.24) is 0 Å². The van der Waals surface area contributed by atoms with Crippen LogP contribution < -0.4 is 4.90 Å². The van der Waals surface area contributed by atoms with Crippen LogP contribution in [0.2, 0.25) is 0 Å². The zero-order valence-electron chi connectivity index (χ0n) is 20.9. The summed E-state index contributed by atoms with van der Waals surface area (Å²) in [6, 6.07) is 23.4. The third kappa shape index (κ3) is 4.84. The Morgan fingerprint density at radius 1 is 0.811 bits per heavy atom. The monoisotopic (exact) mass is 495 g/mol. The molecule has 0 radical (unpaired) electrons. The van der Waals surface area contributed by atoms with Crippen molar-refractivity contribution < 1.29 is 23.9 Å². The van der Waals surface area contributed by atoms with Gasteiger partial charge in [-0.1, -0.05) is 60.2 Å². The van der Waals surface area contributed by atoms with Gasteiger partial charge in [-0.05, 0) is 68.9 Å². The minimum atomic E-state index is -0.947. The van der Waals surface area contributed by atoms with E-state index >= 15 is 0 Å². The van der Waals surface area contributed by atoms with E-state index in [1.807, 2.05) is 37.3 Å². The fraction of sp³-hybridized carbons (Fsp3) is 0.290. The summed E-state index contributed by atoms with van der Waals surface area (Å²) in [4.78, 5) is 53.0. The van der Waals surface area contributed by atoms with Gasteiger partial charge in [0.1, 0.15) is 0 Å². The summed E-state index contributed by atoms with van der Waals surface area (Å²) in [5.41, 5.74) is 3.40. The molecule has 1 saturated carbocycles. The Bertz CT molecular complexity index is 1330. The van der Waals surface area contributed by atoms with Gasteiger partial charge in [-0.15, -0.1) is 0 Å². The van der Waals surface area contributed by atoms with Crippen LogP contribution in [0.4, 0.5) is 5.69 Å². The van der Waals surface area contributed by atoms with Crippen molar-refractivity contribution in [1.29, 1.82) is 0 Å². The molecular weight excluding hydrogens is 466 g/mol. The van der Waals surface area contributed by atoms with E-state index in [9.17, 15) is 19.2 Å². The number of benzene rings is 3. The Hall–Kier alpha value is -4.06. The molecule has 3 aromatic carbocycles. The molecule has 1 heterocycles. The Balaban J connectivity index is 1.25. The molecule has 0 spiro atoms. The van der Waals surface area contributed by atoms with Gasteiger partial charge in [0.15, 0.2) is 6.10 Å². The number of hydrogen-bond acceptors (Lipinski definition) is 5. The van der Waals surface area contributed by atoms with Crippen molar-refractivity contribution in [3.05, 3.63) is 101 Å². The second kappa shape index (κ2) is 10.1. The number of nitrogens with zero attached hydrogens (tertiary/aromatic N) is 1. The molecule has 2 amide bonds. The van der Waals surface area contributed by atoms with Crippen molar-refractivity contribution in [3.63, 3.8) is 0 Å². The Kier molecular flexibility index (Phi) is 6.74. The van der Waals surface area contributed by atoms with E-state index < -0.39 is 12.1 Å². The minimum Gasteiger partial charge on any atom is -0.451 e. The molecule has 5 rings (SSSR count). The molecule has 0 bridgehead atoms. The number of ketones is 1. The standard InChI is InChI=1S/C31H29NO5/c1-19-8-10-22(11-9-19)28(33)20(2)37-31(36)23-12-15-25(16-13-23)32-29(34)26-17-14-24(18-27(26)30(32)35)21-6-4-3-5-7-21/h3-13,15-16,20,24,26-27H,14,17-18H2,1-2H3/t20-,24+,26+,27+/m1/s1. The number of esters is 1. The third-order valence-corrected chi connectivity index (χ3v) is 7.55. The van der Waals surface area contributed by atoms with Crippen molar-refractivity contribution in [2.24, 2.45) is 11.8 Å². The highest BCUT2D eigenvalue weighted by Crippen LogP contribution is 2.45. The number of fused-ring (bicyclic) bond motifs is 1. The average molecular weight is 496 g/mol. The second-order valence-electron chi connectivity index (χ2n) is 9.97. The van der Waals surface area contributed by atoms with Gasteiger partial charge in [0.25, 0.3) is 0 Å². The molecule has 1 saturated heterocycles. The maximum absolute atomic E-state index is 13.3. The first-order valence-corrected chi connectivity index (χ1v) is 12.7. The Labute approximate surface area is 216 Å². The van der Waals surface area contributed by atoms with Gasteiger partial charge in [-0.3, -0.25) is 19.3 Å². The quantitative estimate of drug-likeness (QED) is 0.256. The van der Waals surface area contributed by atoms with Gasteiger partial charge in [0, 0.05) is 5.56 Å². The maximum Gasteiger partial charge on any atom is 0.338 e. The first-order chi connectivity index (χ1) is 17.8. The van der Waals surface area contributed by atoms with Crippen LogP contribution in [0.25, 0.3) is 0 Å². The summed E-state index contributed by atoms with van der Waals surface area (Å²) in [5.74, 6) is -1.64. The average Bonchev–Trinajstić information content (AvgIpc) is 3.18. The number of hydrogen-bond donors (Lipinski definition) is 0. The highest BCUT2D eigenvalue weighted by molar-refractivity contribution is 6.22. The van der Waals surface area contributed by atoms with Crippen LogP contribution in [-0.4, -0.2) is 29.7 Å². The summed E-state index contributed by atoms with van der Waals surface area (Å²) in [6.45, 7) is 3.47. The number of anilines is 1. The van der Waals surface area contributed by atoms with E-state index in [2.05, 4.69) is 12.1 Å². The fourth-order valence-corrected chi connectivity index (χ4v) is 5.44. The number of imide groups is 1. The first-order valence-electron chi connectivity index (χ1n) is 12.7. The minimum absolute atomic E-state index is 0.172. The van der Waals surface area contributed by atoms with Crippen LogP contribution in [0.5, 0.6) is 0 Å². The van der Waals surface area contributed by atoms with E-state index in [-0.39, 0.29) is 40.9 Å². The van der Waals surface area contributed by atoms with Crippen molar-refractivity contribution in [2.75, 3.05) is 4.90 Å². The predicted octanol–water partition coefficient (Wildman–Crippen LogP) is 5.50. The molecule has 0 aromatic heterocycles. The molecule has 6 heteroatoms. The Morgan fingerprint density at radius 3 is 2.11 bits per heavy atom. The second-order valence-corrected chi connectivity index (χ2v) is 9.97. The molecule has 4 atom stereocenters. The zero-order chi connectivity index (χ0) is 26.1. The number of Topliss-reactive ketones (excluding diaryl/α,β-unsaturated/α-hetero) is 1. The third-order valence-electron chi connectivity index (χ3n) is 7.55. The molecule has 1 aliphatic carbocycles. The largest absolute Gasteiger partial charge is 0.451 e. The van der Waals surface area contributed by atoms with E-state index in [0.717, 1.165) is 12.0 Å². The molecule has 3 aromatic rings. The van der Waals surface area contributed by atoms with Crippen LogP contribution in [0.3, 0.4) is 0 Å². The lowest BCUT2D eigenvalue weighted by atomic mass is 9.73. The number of aryl methyl sites for hydroxylation is 1.